The van der Waals surface area contributed by atoms with Crippen molar-refractivity contribution in [3.63, 3.8) is 0 Å². The average Bonchev–Trinajstić information content (AvgIpc) is 2.93. The summed E-state index contributed by atoms with van der Waals surface area (Å²) >= 11 is 1.83. The number of aliphatic imine (C=N–C) groups is 1. The lowest BCUT2D eigenvalue weighted by molar-refractivity contribution is 0.513. The van der Waals surface area contributed by atoms with E-state index in [0.717, 1.165) is 18.3 Å². The summed E-state index contributed by atoms with van der Waals surface area (Å²) in [7, 11) is 2.01. The van der Waals surface area contributed by atoms with Gasteiger partial charge in [-0.1, -0.05) is 0 Å². The number of hydrogen-bond acceptors (Lipinski definition) is 3. The Morgan fingerprint density at radius 1 is 1.69 bits per heavy atom. The quantitative estimate of drug-likeness (QED) is 0.297. The Balaban J connectivity index is 2.34. The third-order valence-electron chi connectivity index (χ3n) is 1.97. The molecule has 1 saturated carbocycles. The molecule has 1 aliphatic carbocycles. The van der Waals surface area contributed by atoms with Gasteiger partial charge in [0.05, 0.1) is 6.04 Å². The van der Waals surface area contributed by atoms with Crippen LogP contribution in [-0.4, -0.2) is 42.5 Å². The van der Waals surface area contributed by atoms with Crippen LogP contribution in [0.25, 0.3) is 0 Å². The molecule has 13 heavy (non-hydrogen) atoms. The molecule has 0 atom stereocenters. The molecule has 0 heterocycles. The molecular formula is C8H18N4S. The van der Waals surface area contributed by atoms with Gasteiger partial charge in [0.15, 0.2) is 0 Å². The van der Waals surface area contributed by atoms with Crippen molar-refractivity contribution in [3.05, 3.63) is 0 Å². The minimum atomic E-state index is 0.516. The number of rotatable bonds is 4. The Hall–Kier alpha value is -0.420. The molecule has 1 rings (SSSR count). The van der Waals surface area contributed by atoms with Crippen LogP contribution in [0.1, 0.15) is 12.8 Å². The molecule has 0 radical (unpaired) electrons. The Labute approximate surface area is 83.9 Å². The lowest BCUT2D eigenvalue weighted by atomic mass is 10.6. The van der Waals surface area contributed by atoms with Gasteiger partial charge in [0.25, 0.3) is 0 Å². The van der Waals surface area contributed by atoms with E-state index >= 15 is 0 Å². The fourth-order valence-corrected chi connectivity index (χ4v) is 1.41. The van der Waals surface area contributed by atoms with E-state index in [9.17, 15) is 0 Å². The zero-order valence-corrected chi connectivity index (χ0v) is 9.10. The molecule has 4 nitrogen and oxygen atoms in total. The Morgan fingerprint density at radius 2 is 2.38 bits per heavy atom. The fraction of sp³-hybridized carbons (Fsp3) is 0.875. The summed E-state index contributed by atoms with van der Waals surface area (Å²) in [5, 5.41) is 0. The molecule has 1 aliphatic rings. The van der Waals surface area contributed by atoms with Gasteiger partial charge in [-0.25, -0.2) is 10.8 Å². The van der Waals surface area contributed by atoms with Gasteiger partial charge in [-0.3, -0.25) is 5.43 Å². The molecule has 76 valence electrons. The van der Waals surface area contributed by atoms with Crippen molar-refractivity contribution < 1.29 is 0 Å². The highest BCUT2D eigenvalue weighted by atomic mass is 32.2. The monoisotopic (exact) mass is 202 g/mol. The van der Waals surface area contributed by atoms with E-state index in [-0.39, 0.29) is 0 Å². The Morgan fingerprint density at radius 3 is 2.85 bits per heavy atom. The van der Waals surface area contributed by atoms with Crippen molar-refractivity contribution in [1.29, 1.82) is 0 Å². The maximum atomic E-state index is 5.39. The second-order valence-corrected chi connectivity index (χ2v) is 4.23. The van der Waals surface area contributed by atoms with Gasteiger partial charge in [-0.2, -0.15) is 11.8 Å². The van der Waals surface area contributed by atoms with E-state index in [1.807, 2.05) is 18.8 Å². The van der Waals surface area contributed by atoms with Crippen LogP contribution in [0.5, 0.6) is 0 Å². The summed E-state index contributed by atoms with van der Waals surface area (Å²) < 4.78 is 0. The fourth-order valence-electron chi connectivity index (χ4n) is 0.957. The number of guanidine groups is 1. The van der Waals surface area contributed by atoms with Crippen molar-refractivity contribution in [1.82, 2.24) is 10.3 Å². The highest BCUT2D eigenvalue weighted by Crippen LogP contribution is 2.23. The third kappa shape index (κ3) is 3.87. The molecule has 0 amide bonds. The zero-order chi connectivity index (χ0) is 9.68. The SMILES string of the molecule is CSCCN(C)C(=NC1CC1)NN. The van der Waals surface area contributed by atoms with Gasteiger partial charge >= 0.3 is 0 Å². The molecule has 0 aromatic rings. The van der Waals surface area contributed by atoms with E-state index in [2.05, 4.69) is 21.6 Å². The number of thioether (sulfide) groups is 1. The molecule has 0 aromatic heterocycles. The summed E-state index contributed by atoms with van der Waals surface area (Å²) in [5.74, 6) is 7.31. The van der Waals surface area contributed by atoms with E-state index in [4.69, 9.17) is 5.84 Å². The van der Waals surface area contributed by atoms with Crippen LogP contribution in [0.15, 0.2) is 4.99 Å². The molecule has 0 unspecified atom stereocenters. The summed E-state index contributed by atoms with van der Waals surface area (Å²) in [4.78, 5) is 6.52. The van der Waals surface area contributed by atoms with Crippen LogP contribution in [0.4, 0.5) is 0 Å². The summed E-state index contributed by atoms with van der Waals surface area (Å²) in [6.45, 7) is 0.983. The predicted octanol–water partition coefficient (Wildman–Crippen LogP) is 0.263. The van der Waals surface area contributed by atoms with Crippen LogP contribution in [-0.2, 0) is 0 Å². The molecule has 3 N–H and O–H groups in total. The normalized spacial score (nSPS) is 17.3. The van der Waals surface area contributed by atoms with Crippen molar-refractivity contribution in [2.24, 2.45) is 10.8 Å². The first-order valence-electron chi connectivity index (χ1n) is 4.52. The van der Waals surface area contributed by atoms with E-state index in [1.54, 1.807) is 0 Å². The molecule has 0 aromatic carbocycles. The number of nitrogens with one attached hydrogen (secondary N) is 1. The number of nitrogens with two attached hydrogens (primary N) is 1. The van der Waals surface area contributed by atoms with Gasteiger partial charge in [0.1, 0.15) is 0 Å². The predicted molar refractivity (Wildman–Crippen MR) is 58.8 cm³/mol. The third-order valence-corrected chi connectivity index (χ3v) is 2.56. The van der Waals surface area contributed by atoms with Gasteiger partial charge in [0.2, 0.25) is 5.96 Å². The summed E-state index contributed by atoms with van der Waals surface area (Å²) in [6, 6.07) is 0.516. The van der Waals surface area contributed by atoms with Gasteiger partial charge in [-0.15, -0.1) is 0 Å². The summed E-state index contributed by atoms with van der Waals surface area (Å²) in [6.07, 6.45) is 4.52. The van der Waals surface area contributed by atoms with E-state index in [1.165, 1.54) is 12.8 Å². The molecule has 1 fully saturated rings. The zero-order valence-electron chi connectivity index (χ0n) is 8.29. The topological polar surface area (TPSA) is 53.6 Å². The van der Waals surface area contributed by atoms with Crippen LogP contribution in [0.3, 0.4) is 0 Å². The highest BCUT2D eigenvalue weighted by Gasteiger charge is 2.21. The minimum absolute atomic E-state index is 0.516. The van der Waals surface area contributed by atoms with E-state index in [0.29, 0.717) is 6.04 Å². The molecular weight excluding hydrogens is 184 g/mol. The van der Waals surface area contributed by atoms with Crippen molar-refractivity contribution in [2.75, 3.05) is 25.6 Å². The first kappa shape index (κ1) is 10.7. The maximum Gasteiger partial charge on any atom is 0.208 e. The minimum Gasteiger partial charge on any atom is -0.344 e. The van der Waals surface area contributed by atoms with Gasteiger partial charge < -0.3 is 4.90 Å². The number of hydrazine groups is 1. The lowest BCUT2D eigenvalue weighted by Crippen LogP contribution is -2.43. The molecule has 0 aliphatic heterocycles. The Bertz CT molecular complexity index is 179. The number of hydrogen-bond donors (Lipinski definition) is 2. The van der Waals surface area contributed by atoms with Crippen LogP contribution in [0, 0.1) is 0 Å². The van der Waals surface area contributed by atoms with E-state index < -0.39 is 0 Å². The second kappa shape index (κ2) is 5.34. The standard InChI is InChI=1S/C8H18N4S/c1-12(5-6-13-2)8(11-9)10-7-3-4-7/h7H,3-6,9H2,1-2H3,(H,10,11). The lowest BCUT2D eigenvalue weighted by Gasteiger charge is -2.19. The smallest absolute Gasteiger partial charge is 0.208 e. The Kier molecular flexibility index (Phi) is 4.38. The largest absolute Gasteiger partial charge is 0.344 e. The summed E-state index contributed by atoms with van der Waals surface area (Å²) in [5.41, 5.74) is 2.65. The van der Waals surface area contributed by atoms with Crippen LogP contribution < -0.4 is 11.3 Å². The molecule has 0 saturated heterocycles. The van der Waals surface area contributed by atoms with Gasteiger partial charge in [0, 0.05) is 19.3 Å². The van der Waals surface area contributed by atoms with Crippen molar-refractivity contribution in [3.8, 4) is 0 Å². The van der Waals surface area contributed by atoms with Crippen LogP contribution in [0.2, 0.25) is 0 Å². The average molecular weight is 202 g/mol. The molecule has 0 spiro atoms. The number of nitrogens with zero attached hydrogens (tertiary/aromatic N) is 2. The van der Waals surface area contributed by atoms with Gasteiger partial charge in [-0.05, 0) is 19.1 Å². The highest BCUT2D eigenvalue weighted by molar-refractivity contribution is 7.98. The maximum absolute atomic E-state index is 5.39. The van der Waals surface area contributed by atoms with Crippen LogP contribution >= 0.6 is 11.8 Å². The molecule has 0 bridgehead atoms. The molecule has 5 heteroatoms. The first-order chi connectivity index (χ1) is 6.27. The van der Waals surface area contributed by atoms with Crippen molar-refractivity contribution in [2.45, 2.75) is 18.9 Å². The first-order valence-corrected chi connectivity index (χ1v) is 5.91. The van der Waals surface area contributed by atoms with Crippen molar-refractivity contribution >= 4 is 17.7 Å². The second-order valence-electron chi connectivity index (χ2n) is 3.24.